The van der Waals surface area contributed by atoms with Gasteiger partial charge in [0, 0.05) is 18.2 Å². The lowest BCUT2D eigenvalue weighted by Crippen LogP contribution is -2.30. The lowest BCUT2D eigenvalue weighted by atomic mass is 9.81. The van der Waals surface area contributed by atoms with E-state index in [4.69, 9.17) is 19.5 Å². The van der Waals surface area contributed by atoms with Crippen LogP contribution in [0.1, 0.15) is 5.56 Å². The minimum atomic E-state index is -3.74. The van der Waals surface area contributed by atoms with Gasteiger partial charge in [-0.2, -0.15) is 0 Å². The van der Waals surface area contributed by atoms with Crippen molar-refractivity contribution in [1.29, 1.82) is 0 Å². The van der Waals surface area contributed by atoms with E-state index in [0.29, 0.717) is 17.1 Å². The molecule has 0 radical (unpaired) electrons. The van der Waals surface area contributed by atoms with Crippen LogP contribution in [0.3, 0.4) is 0 Å². The van der Waals surface area contributed by atoms with Crippen molar-refractivity contribution in [3.63, 3.8) is 0 Å². The van der Waals surface area contributed by atoms with Gasteiger partial charge in [0.2, 0.25) is 10.0 Å². The first-order chi connectivity index (χ1) is 11.4. The highest BCUT2D eigenvalue weighted by molar-refractivity contribution is 7.89. The number of nitrogens with one attached hydrogen (secondary N) is 1. The molecule has 7 nitrogen and oxygen atoms in total. The van der Waals surface area contributed by atoms with E-state index in [-0.39, 0.29) is 16.9 Å². The maximum atomic E-state index is 12.3. The summed E-state index contributed by atoms with van der Waals surface area (Å²) in [5.74, 6) is 1.12. The molecular weight excluding hydrogens is 333 g/mol. The van der Waals surface area contributed by atoms with Crippen LogP contribution in [-0.2, 0) is 16.6 Å². The van der Waals surface area contributed by atoms with Crippen molar-refractivity contribution >= 4 is 22.6 Å². The van der Waals surface area contributed by atoms with Crippen LogP contribution in [-0.4, -0.2) is 39.8 Å². The molecule has 0 atom stereocenters. The van der Waals surface area contributed by atoms with Crippen molar-refractivity contribution in [2.24, 2.45) is 0 Å². The molecule has 0 fully saturated rings. The van der Waals surface area contributed by atoms with Crippen LogP contribution in [0, 0.1) is 0 Å². The van der Waals surface area contributed by atoms with Crippen LogP contribution in [0.15, 0.2) is 47.4 Å². The van der Waals surface area contributed by atoms with E-state index < -0.39 is 17.1 Å². The average molecular weight is 351 g/mol. The van der Waals surface area contributed by atoms with Gasteiger partial charge in [-0.3, -0.25) is 0 Å². The maximum Gasteiger partial charge on any atom is 0.488 e. The second-order valence-corrected chi connectivity index (χ2v) is 6.71. The zero-order valence-electron chi connectivity index (χ0n) is 13.3. The predicted octanol–water partition coefficient (Wildman–Crippen LogP) is -0.138. The molecule has 2 rings (SSSR count). The molecular formula is C15H18BNO6S. The summed E-state index contributed by atoms with van der Waals surface area (Å²) in [6.45, 7) is 0.0415. The maximum absolute atomic E-state index is 12.3. The smallest absolute Gasteiger partial charge is 0.488 e. The van der Waals surface area contributed by atoms with Gasteiger partial charge in [0.25, 0.3) is 0 Å². The van der Waals surface area contributed by atoms with Gasteiger partial charge < -0.3 is 19.5 Å². The molecule has 0 aromatic heterocycles. The molecule has 0 aliphatic carbocycles. The number of hydrogen-bond acceptors (Lipinski definition) is 6. The van der Waals surface area contributed by atoms with Gasteiger partial charge in [0.05, 0.1) is 19.1 Å². The van der Waals surface area contributed by atoms with Crippen molar-refractivity contribution in [2.75, 3.05) is 14.2 Å². The highest BCUT2D eigenvalue weighted by Gasteiger charge is 2.17. The first-order valence-electron chi connectivity index (χ1n) is 7.04. The normalized spacial score (nSPS) is 11.2. The molecule has 2 aromatic rings. The Bertz CT molecular complexity index is 792. The Labute approximate surface area is 141 Å². The molecule has 0 heterocycles. The Balaban J connectivity index is 2.15. The van der Waals surface area contributed by atoms with Gasteiger partial charge in [0.1, 0.15) is 11.5 Å². The molecule has 0 aliphatic rings. The largest absolute Gasteiger partial charge is 0.497 e. The average Bonchev–Trinajstić information content (AvgIpc) is 2.59. The summed E-state index contributed by atoms with van der Waals surface area (Å²) in [5, 5.41) is 18.1. The summed E-state index contributed by atoms with van der Waals surface area (Å²) < 4.78 is 37.4. The second kappa shape index (κ2) is 7.67. The minimum Gasteiger partial charge on any atom is -0.497 e. The zero-order chi connectivity index (χ0) is 17.7. The van der Waals surface area contributed by atoms with Gasteiger partial charge in [-0.15, -0.1) is 0 Å². The van der Waals surface area contributed by atoms with Gasteiger partial charge in [0.15, 0.2) is 0 Å². The Hall–Kier alpha value is -2.07. The molecule has 0 amide bonds. The topological polar surface area (TPSA) is 105 Å². The molecule has 9 heteroatoms. The Morgan fingerprint density at radius 2 is 1.71 bits per heavy atom. The quantitative estimate of drug-likeness (QED) is 0.600. The van der Waals surface area contributed by atoms with E-state index in [1.54, 1.807) is 18.2 Å². The van der Waals surface area contributed by atoms with Crippen molar-refractivity contribution in [2.45, 2.75) is 11.4 Å². The lowest BCUT2D eigenvalue weighted by Gasteiger charge is -2.12. The summed E-state index contributed by atoms with van der Waals surface area (Å²) >= 11 is 0. The van der Waals surface area contributed by atoms with E-state index >= 15 is 0 Å². The second-order valence-electron chi connectivity index (χ2n) is 4.95. The highest BCUT2D eigenvalue weighted by atomic mass is 32.2. The summed E-state index contributed by atoms with van der Waals surface area (Å²) in [5.41, 5.74) is 0.870. The third kappa shape index (κ3) is 4.27. The minimum absolute atomic E-state index is 0.0272. The molecule has 0 unspecified atom stereocenters. The third-order valence-corrected chi connectivity index (χ3v) is 4.85. The highest BCUT2D eigenvalue weighted by Crippen LogP contribution is 2.24. The molecule has 128 valence electrons. The van der Waals surface area contributed by atoms with Crippen molar-refractivity contribution in [3.8, 4) is 11.5 Å². The van der Waals surface area contributed by atoms with Crippen molar-refractivity contribution in [1.82, 2.24) is 4.72 Å². The molecule has 2 aromatic carbocycles. The van der Waals surface area contributed by atoms with Gasteiger partial charge in [-0.25, -0.2) is 13.1 Å². The fourth-order valence-corrected chi connectivity index (χ4v) is 3.08. The lowest BCUT2D eigenvalue weighted by molar-refractivity contribution is 0.390. The predicted molar refractivity (Wildman–Crippen MR) is 89.8 cm³/mol. The summed E-state index contributed by atoms with van der Waals surface area (Å²) in [4.78, 5) is 0.0272. The van der Waals surface area contributed by atoms with E-state index in [0.717, 1.165) is 0 Å². The third-order valence-electron chi connectivity index (χ3n) is 3.44. The molecule has 3 N–H and O–H groups in total. The standard InChI is InChI=1S/C15H18BNO6S/c1-22-13-6-3-11(15(9-13)23-2)10-17-24(20,21)14-7-4-12(5-8-14)16(18)19/h3-9,17-19H,10H2,1-2H3. The number of rotatable bonds is 7. The summed E-state index contributed by atoms with van der Waals surface area (Å²) in [7, 11) is -2.36. The van der Waals surface area contributed by atoms with Crippen LogP contribution in [0.4, 0.5) is 0 Å². The van der Waals surface area contributed by atoms with E-state index in [9.17, 15) is 8.42 Å². The number of sulfonamides is 1. The fraction of sp³-hybridized carbons (Fsp3) is 0.200. The summed E-state index contributed by atoms with van der Waals surface area (Å²) in [6.07, 6.45) is 0. The Kier molecular flexibility index (Phi) is 5.84. The number of ether oxygens (including phenoxy) is 2. The van der Waals surface area contributed by atoms with Crippen LogP contribution in [0.25, 0.3) is 0 Å². The molecule has 0 saturated carbocycles. The van der Waals surface area contributed by atoms with E-state index in [1.165, 1.54) is 38.5 Å². The van der Waals surface area contributed by atoms with Crippen LogP contribution in [0.2, 0.25) is 0 Å². The van der Waals surface area contributed by atoms with Crippen molar-refractivity contribution in [3.05, 3.63) is 48.0 Å². The zero-order valence-corrected chi connectivity index (χ0v) is 14.1. The SMILES string of the molecule is COc1ccc(CNS(=O)(=O)c2ccc(B(O)O)cc2)c(OC)c1. The number of benzene rings is 2. The molecule has 0 aliphatic heterocycles. The van der Waals surface area contributed by atoms with Gasteiger partial charge >= 0.3 is 7.12 Å². The van der Waals surface area contributed by atoms with Gasteiger partial charge in [-0.1, -0.05) is 18.2 Å². The molecule has 24 heavy (non-hydrogen) atoms. The van der Waals surface area contributed by atoms with Crippen LogP contribution in [0.5, 0.6) is 11.5 Å². The first-order valence-corrected chi connectivity index (χ1v) is 8.52. The van der Waals surface area contributed by atoms with E-state index in [2.05, 4.69) is 4.72 Å². The van der Waals surface area contributed by atoms with Crippen LogP contribution >= 0.6 is 0 Å². The molecule has 0 spiro atoms. The number of hydrogen-bond donors (Lipinski definition) is 3. The first kappa shape index (κ1) is 18.3. The van der Waals surface area contributed by atoms with Crippen LogP contribution < -0.4 is 19.7 Å². The van der Waals surface area contributed by atoms with E-state index in [1.807, 2.05) is 0 Å². The monoisotopic (exact) mass is 351 g/mol. The Morgan fingerprint density at radius 3 is 2.25 bits per heavy atom. The Morgan fingerprint density at radius 1 is 1.04 bits per heavy atom. The van der Waals surface area contributed by atoms with Gasteiger partial charge in [-0.05, 0) is 23.7 Å². The summed E-state index contributed by atoms with van der Waals surface area (Å²) in [6, 6.07) is 10.4. The fourth-order valence-electron chi connectivity index (χ4n) is 2.07. The molecule has 0 saturated heterocycles. The molecule has 0 bridgehead atoms. The van der Waals surface area contributed by atoms with Crippen molar-refractivity contribution < 1.29 is 27.9 Å². The number of methoxy groups -OCH3 is 2.